The summed E-state index contributed by atoms with van der Waals surface area (Å²) in [5, 5.41) is 0.137. The van der Waals surface area contributed by atoms with Gasteiger partial charge in [-0.25, -0.2) is 4.79 Å². The summed E-state index contributed by atoms with van der Waals surface area (Å²) in [6.45, 7) is 2.30. The molecule has 0 N–H and O–H groups in total. The molecule has 2 atom stereocenters. The first-order valence-electron chi connectivity index (χ1n) is 10.9. The third kappa shape index (κ3) is 5.94. The highest BCUT2D eigenvalue weighted by Gasteiger charge is 2.41. The van der Waals surface area contributed by atoms with Gasteiger partial charge in [-0.15, -0.1) is 16.8 Å². The van der Waals surface area contributed by atoms with Crippen LogP contribution in [0.2, 0.25) is 0 Å². The number of aldehydes is 1. The van der Waals surface area contributed by atoms with Crippen LogP contribution in [-0.2, 0) is 38.3 Å². The average molecular weight is 469 g/mol. The van der Waals surface area contributed by atoms with Crippen LogP contribution in [0.5, 0.6) is 0 Å². The van der Waals surface area contributed by atoms with Crippen molar-refractivity contribution in [2.24, 2.45) is 11.8 Å². The van der Waals surface area contributed by atoms with Gasteiger partial charge in [0.15, 0.2) is 0 Å². The van der Waals surface area contributed by atoms with E-state index in [1.807, 2.05) is 0 Å². The second kappa shape index (κ2) is 11.0. The summed E-state index contributed by atoms with van der Waals surface area (Å²) >= 11 is 1.36. The Morgan fingerprint density at radius 1 is 1.09 bits per heavy atom. The van der Waals surface area contributed by atoms with Crippen molar-refractivity contribution in [3.63, 3.8) is 0 Å². The van der Waals surface area contributed by atoms with Crippen molar-refractivity contribution in [1.29, 1.82) is 0 Å². The molecule has 176 valence electrons. The molecule has 3 rings (SSSR count). The largest absolute Gasteiger partial charge is 0.370 e. The van der Waals surface area contributed by atoms with E-state index in [-0.39, 0.29) is 37.0 Å². The lowest BCUT2D eigenvalue weighted by Crippen LogP contribution is -2.39. The van der Waals surface area contributed by atoms with Gasteiger partial charge in [0.25, 0.3) is 11.8 Å². The van der Waals surface area contributed by atoms with E-state index in [9.17, 15) is 28.8 Å². The first kappa shape index (κ1) is 24.4. The smallest absolute Gasteiger partial charge is 0.336 e. The van der Waals surface area contributed by atoms with Crippen LogP contribution >= 0.6 is 11.8 Å². The van der Waals surface area contributed by atoms with E-state index in [0.29, 0.717) is 55.9 Å². The highest BCUT2D eigenvalue weighted by Crippen LogP contribution is 2.33. The molecule has 0 aromatic rings. The molecule has 2 heterocycles. The Bertz CT molecular complexity index is 764. The molecule has 1 saturated carbocycles. The number of ether oxygens (including phenoxy) is 1. The number of hydroxylamine groups is 2. The fourth-order valence-electron chi connectivity index (χ4n) is 4.10. The number of nitrogens with zero attached hydrogens (tertiary/aromatic N) is 2. The van der Waals surface area contributed by atoms with Gasteiger partial charge in [0.05, 0.1) is 17.8 Å². The normalized spacial score (nSPS) is 27.2. The zero-order valence-corrected chi connectivity index (χ0v) is 18.8. The summed E-state index contributed by atoms with van der Waals surface area (Å²) in [6, 6.07) is 0. The Morgan fingerprint density at radius 3 is 2.38 bits per heavy atom. The lowest BCUT2D eigenvalue weighted by atomic mass is 9.82. The fourth-order valence-corrected chi connectivity index (χ4v) is 5.11. The van der Waals surface area contributed by atoms with Gasteiger partial charge in [-0.05, 0) is 38.5 Å². The quantitative estimate of drug-likeness (QED) is 0.261. The van der Waals surface area contributed by atoms with Crippen LogP contribution < -0.4 is 0 Å². The summed E-state index contributed by atoms with van der Waals surface area (Å²) < 4.78 is 5.27. The molecule has 2 saturated heterocycles. The number of likely N-dealkylation sites (tertiary alicyclic amines) is 1. The van der Waals surface area contributed by atoms with Crippen molar-refractivity contribution >= 4 is 47.6 Å². The summed E-state index contributed by atoms with van der Waals surface area (Å²) in [6.07, 6.45) is 2.81. The highest BCUT2D eigenvalue weighted by atomic mass is 32.2. The van der Waals surface area contributed by atoms with E-state index in [1.165, 1.54) is 16.7 Å². The van der Waals surface area contributed by atoms with E-state index < -0.39 is 35.1 Å². The van der Waals surface area contributed by atoms with Gasteiger partial charge < -0.3 is 14.4 Å². The topological polar surface area (TPSA) is 127 Å². The van der Waals surface area contributed by atoms with Crippen LogP contribution in [0.1, 0.15) is 51.9 Å². The van der Waals surface area contributed by atoms with Crippen LogP contribution in [0.4, 0.5) is 0 Å². The molecule has 1 aliphatic carbocycles. The number of thioether (sulfide) groups is 1. The van der Waals surface area contributed by atoms with Crippen LogP contribution in [-0.4, -0.2) is 76.1 Å². The van der Waals surface area contributed by atoms with Crippen LogP contribution in [0.25, 0.3) is 0 Å². The fraction of sp³-hybridized carbons (Fsp3) is 0.714. The van der Waals surface area contributed by atoms with Crippen LogP contribution in [0.3, 0.4) is 0 Å². The third-order valence-electron chi connectivity index (χ3n) is 5.99. The van der Waals surface area contributed by atoms with Gasteiger partial charge in [0, 0.05) is 31.6 Å². The lowest BCUT2D eigenvalue weighted by Gasteiger charge is -2.30. The number of rotatable bonds is 10. The molecule has 3 aliphatic rings. The summed E-state index contributed by atoms with van der Waals surface area (Å²) in [7, 11) is 0. The predicted octanol–water partition coefficient (Wildman–Crippen LogP) is 0.865. The molecular formula is C21H28N2O8S. The van der Waals surface area contributed by atoms with Crippen molar-refractivity contribution in [3.05, 3.63) is 0 Å². The molecular weight excluding hydrogens is 440 g/mol. The minimum Gasteiger partial charge on any atom is -0.370 e. The third-order valence-corrected chi connectivity index (χ3v) is 7.16. The number of amides is 4. The Balaban J connectivity index is 1.40. The van der Waals surface area contributed by atoms with Gasteiger partial charge in [0.1, 0.15) is 12.4 Å². The van der Waals surface area contributed by atoms with Crippen molar-refractivity contribution < 1.29 is 38.3 Å². The molecule has 32 heavy (non-hydrogen) atoms. The van der Waals surface area contributed by atoms with Crippen molar-refractivity contribution in [1.82, 2.24) is 9.96 Å². The van der Waals surface area contributed by atoms with Crippen LogP contribution in [0.15, 0.2) is 0 Å². The van der Waals surface area contributed by atoms with E-state index in [2.05, 4.69) is 0 Å². The zero-order valence-electron chi connectivity index (χ0n) is 18.0. The van der Waals surface area contributed by atoms with Gasteiger partial charge in [-0.3, -0.25) is 24.1 Å². The maximum atomic E-state index is 12.6. The maximum Gasteiger partial charge on any atom is 0.336 e. The first-order chi connectivity index (χ1) is 15.3. The number of carbonyl (C=O) groups excluding carboxylic acids is 6. The SMILES string of the molecule is C[C@@H](C=O)OCCSC1CC(=O)N(CC2CCC(C(=O)ON3C(=O)CCC3=O)CC2)C1=O. The Hall–Kier alpha value is -2.27. The van der Waals surface area contributed by atoms with Crippen molar-refractivity contribution in [3.8, 4) is 0 Å². The monoisotopic (exact) mass is 468 g/mol. The van der Waals surface area contributed by atoms with Crippen LogP contribution in [0, 0.1) is 11.8 Å². The van der Waals surface area contributed by atoms with E-state index in [1.54, 1.807) is 6.92 Å². The van der Waals surface area contributed by atoms with E-state index in [4.69, 9.17) is 9.57 Å². The maximum absolute atomic E-state index is 12.6. The molecule has 11 heteroatoms. The number of imide groups is 2. The minimum absolute atomic E-state index is 0.0565. The molecule has 0 aromatic heterocycles. The minimum atomic E-state index is -0.581. The molecule has 0 radical (unpaired) electrons. The number of hydrogen-bond donors (Lipinski definition) is 0. The molecule has 0 aromatic carbocycles. The number of hydrogen-bond acceptors (Lipinski definition) is 9. The molecule has 2 aliphatic heterocycles. The second-order valence-electron chi connectivity index (χ2n) is 8.33. The van der Waals surface area contributed by atoms with Crippen molar-refractivity contribution in [2.75, 3.05) is 18.9 Å². The standard InChI is InChI=1S/C21H28N2O8S/c1-13(12-24)30-8-9-32-16-10-19(27)22(20(16)28)11-14-2-4-15(5-3-14)21(29)31-23-17(25)6-7-18(23)26/h12-16H,2-11H2,1H3/t13-,14?,15?,16?/m0/s1. The van der Waals surface area contributed by atoms with Gasteiger partial charge >= 0.3 is 5.97 Å². The zero-order chi connectivity index (χ0) is 23.3. The molecule has 10 nitrogen and oxygen atoms in total. The van der Waals surface area contributed by atoms with E-state index in [0.717, 1.165) is 0 Å². The predicted molar refractivity (Wildman–Crippen MR) is 112 cm³/mol. The van der Waals surface area contributed by atoms with E-state index >= 15 is 0 Å². The molecule has 0 spiro atoms. The summed E-state index contributed by atoms with van der Waals surface area (Å²) in [5.41, 5.74) is 0. The van der Waals surface area contributed by atoms with Gasteiger partial charge in [-0.2, -0.15) is 0 Å². The lowest BCUT2D eigenvalue weighted by molar-refractivity contribution is -0.201. The summed E-state index contributed by atoms with van der Waals surface area (Å²) in [4.78, 5) is 77.4. The molecule has 4 amide bonds. The molecule has 3 fully saturated rings. The molecule has 1 unspecified atom stereocenters. The second-order valence-corrected chi connectivity index (χ2v) is 9.64. The Morgan fingerprint density at radius 2 is 1.75 bits per heavy atom. The number of carbonyl (C=O) groups is 6. The first-order valence-corrected chi connectivity index (χ1v) is 11.9. The highest BCUT2D eigenvalue weighted by molar-refractivity contribution is 8.00. The summed E-state index contributed by atoms with van der Waals surface area (Å²) in [5.74, 6) is -1.76. The van der Waals surface area contributed by atoms with Gasteiger partial charge in [-0.1, -0.05) is 0 Å². The van der Waals surface area contributed by atoms with Crippen molar-refractivity contribution in [2.45, 2.75) is 63.2 Å². The molecule has 0 bridgehead atoms. The Labute approximate surface area is 190 Å². The van der Waals surface area contributed by atoms with Gasteiger partial charge in [0.2, 0.25) is 11.8 Å². The average Bonchev–Trinajstić information content (AvgIpc) is 3.24. The Kier molecular flexibility index (Phi) is 8.41.